The highest BCUT2D eigenvalue weighted by atomic mass is 79.9. The fourth-order valence-corrected chi connectivity index (χ4v) is 1.93. The number of hydrogen-bond donors (Lipinski definition) is 2. The highest BCUT2D eigenvalue weighted by Crippen LogP contribution is 2.35. The molecule has 0 bridgehead atoms. The van der Waals surface area contributed by atoms with Crippen LogP contribution >= 0.6 is 15.9 Å². The molecule has 0 aliphatic carbocycles. The van der Waals surface area contributed by atoms with Gasteiger partial charge >= 0.3 is 12.0 Å². The molecular weight excluding hydrogens is 348 g/mol. The average molecular weight is 361 g/mol. The van der Waals surface area contributed by atoms with Gasteiger partial charge in [0.15, 0.2) is 6.61 Å². The second-order valence-electron chi connectivity index (χ2n) is 3.68. The van der Waals surface area contributed by atoms with Crippen molar-refractivity contribution < 1.29 is 28.6 Å². The lowest BCUT2D eigenvalue weighted by atomic mass is 10.2. The third-order valence-corrected chi connectivity index (χ3v) is 3.06. The van der Waals surface area contributed by atoms with E-state index in [0.717, 1.165) is 0 Å². The average Bonchev–Trinajstić information content (AvgIpc) is 2.44. The Morgan fingerprint density at radius 3 is 2.14 bits per heavy atom. The van der Waals surface area contributed by atoms with Gasteiger partial charge in [0.2, 0.25) is 0 Å². The van der Waals surface area contributed by atoms with E-state index >= 15 is 0 Å². The number of nitrogens with one attached hydrogen (secondary N) is 1. The highest BCUT2D eigenvalue weighted by molar-refractivity contribution is 9.10. The first-order valence-electron chi connectivity index (χ1n) is 5.57. The Kier molecular flexibility index (Phi) is 5.97. The van der Waals surface area contributed by atoms with Crippen LogP contribution in [0.3, 0.4) is 0 Å². The van der Waals surface area contributed by atoms with Crippen LogP contribution in [0.25, 0.3) is 0 Å². The molecule has 1 aromatic carbocycles. The summed E-state index contributed by atoms with van der Waals surface area (Å²) in [6.07, 6.45) is 0. The highest BCUT2D eigenvalue weighted by Gasteiger charge is 2.17. The molecule has 1 aromatic rings. The van der Waals surface area contributed by atoms with E-state index < -0.39 is 24.5 Å². The second-order valence-corrected chi connectivity index (χ2v) is 4.48. The molecule has 3 amide bonds. The zero-order valence-corrected chi connectivity index (χ0v) is 12.9. The number of nitrogens with two attached hydrogens (primary N) is 1. The van der Waals surface area contributed by atoms with Crippen molar-refractivity contribution in [2.45, 2.75) is 0 Å². The van der Waals surface area contributed by atoms with Crippen molar-refractivity contribution in [1.82, 2.24) is 5.32 Å². The van der Waals surface area contributed by atoms with Gasteiger partial charge in [0.05, 0.1) is 19.8 Å². The van der Waals surface area contributed by atoms with Gasteiger partial charge in [-0.1, -0.05) is 0 Å². The van der Waals surface area contributed by atoms with Crippen LogP contribution in [0, 0.1) is 0 Å². The number of esters is 1. The number of ether oxygens (including phenoxy) is 3. The third-order valence-electron chi connectivity index (χ3n) is 2.28. The first kappa shape index (κ1) is 16.8. The molecule has 0 aromatic heterocycles. The van der Waals surface area contributed by atoms with Gasteiger partial charge < -0.3 is 19.9 Å². The van der Waals surface area contributed by atoms with E-state index in [-0.39, 0.29) is 5.56 Å². The van der Waals surface area contributed by atoms with Crippen molar-refractivity contribution in [1.29, 1.82) is 0 Å². The normalized spacial score (nSPS) is 9.67. The summed E-state index contributed by atoms with van der Waals surface area (Å²) in [5.74, 6) is -0.878. The lowest BCUT2D eigenvalue weighted by Gasteiger charge is -2.11. The van der Waals surface area contributed by atoms with E-state index in [2.05, 4.69) is 15.9 Å². The molecule has 0 fully saturated rings. The van der Waals surface area contributed by atoms with Crippen LogP contribution in [-0.2, 0) is 9.53 Å². The largest absolute Gasteiger partial charge is 0.495 e. The van der Waals surface area contributed by atoms with Gasteiger partial charge in [0, 0.05) is 0 Å². The summed E-state index contributed by atoms with van der Waals surface area (Å²) in [7, 11) is 2.85. The number of halogens is 1. The molecule has 9 heteroatoms. The molecule has 0 aliphatic heterocycles. The lowest BCUT2D eigenvalue weighted by molar-refractivity contribution is -0.123. The Hall–Kier alpha value is -2.29. The first-order chi connectivity index (χ1) is 9.88. The number of methoxy groups -OCH3 is 2. The van der Waals surface area contributed by atoms with Crippen LogP contribution in [0.4, 0.5) is 4.79 Å². The number of rotatable bonds is 5. The number of benzene rings is 1. The minimum atomic E-state index is -1.02. The van der Waals surface area contributed by atoms with Gasteiger partial charge in [0.25, 0.3) is 5.91 Å². The molecule has 0 radical (unpaired) electrons. The van der Waals surface area contributed by atoms with Gasteiger partial charge in [-0.25, -0.2) is 9.59 Å². The van der Waals surface area contributed by atoms with Gasteiger partial charge in [0.1, 0.15) is 16.0 Å². The standard InChI is InChI=1S/C12H13BrN2O6/c1-19-7-3-6(4-8(20-2)10(7)13)11(17)21-5-9(16)15-12(14)18/h3-4H,5H2,1-2H3,(H3,14,15,16,18). The van der Waals surface area contributed by atoms with Gasteiger partial charge in [-0.2, -0.15) is 0 Å². The van der Waals surface area contributed by atoms with Gasteiger partial charge in [-0.15, -0.1) is 0 Å². The molecule has 0 heterocycles. The van der Waals surface area contributed by atoms with Crippen molar-refractivity contribution in [2.75, 3.05) is 20.8 Å². The van der Waals surface area contributed by atoms with E-state index in [0.29, 0.717) is 16.0 Å². The molecule has 1 rings (SSSR count). The van der Waals surface area contributed by atoms with Crippen LogP contribution in [0.5, 0.6) is 11.5 Å². The van der Waals surface area contributed by atoms with Crippen molar-refractivity contribution in [3.8, 4) is 11.5 Å². The number of primary amides is 1. The van der Waals surface area contributed by atoms with Gasteiger partial charge in [-0.3, -0.25) is 10.1 Å². The van der Waals surface area contributed by atoms with Crippen molar-refractivity contribution in [3.05, 3.63) is 22.2 Å². The predicted molar refractivity (Wildman–Crippen MR) is 75.3 cm³/mol. The Morgan fingerprint density at radius 2 is 1.71 bits per heavy atom. The maximum absolute atomic E-state index is 11.8. The molecule has 0 unspecified atom stereocenters. The van der Waals surface area contributed by atoms with E-state index in [1.54, 1.807) is 5.32 Å². The first-order valence-corrected chi connectivity index (χ1v) is 6.36. The number of carbonyl (C=O) groups excluding carboxylic acids is 3. The summed E-state index contributed by atoms with van der Waals surface area (Å²) >= 11 is 3.26. The Bertz CT molecular complexity index is 550. The lowest BCUT2D eigenvalue weighted by Crippen LogP contribution is -2.37. The monoisotopic (exact) mass is 360 g/mol. The third kappa shape index (κ3) is 4.63. The van der Waals surface area contributed by atoms with E-state index in [4.69, 9.17) is 19.9 Å². The molecule has 114 valence electrons. The zero-order chi connectivity index (χ0) is 16.0. The maximum atomic E-state index is 11.8. The molecular formula is C12H13BrN2O6. The summed E-state index contributed by atoms with van der Waals surface area (Å²) in [5.41, 5.74) is 4.88. The second kappa shape index (κ2) is 7.48. The summed E-state index contributed by atoms with van der Waals surface area (Å²) in [5, 5.41) is 1.77. The van der Waals surface area contributed by atoms with Crippen molar-refractivity contribution in [2.24, 2.45) is 5.73 Å². The van der Waals surface area contributed by atoms with Crippen molar-refractivity contribution >= 4 is 33.8 Å². The summed E-state index contributed by atoms with van der Waals surface area (Å²) in [6, 6.07) is 1.81. The minimum Gasteiger partial charge on any atom is -0.495 e. The maximum Gasteiger partial charge on any atom is 0.338 e. The Balaban J connectivity index is 2.83. The van der Waals surface area contributed by atoms with E-state index in [9.17, 15) is 14.4 Å². The Morgan fingerprint density at radius 1 is 1.19 bits per heavy atom. The summed E-state index contributed by atoms with van der Waals surface area (Å²) < 4.78 is 15.4. The SMILES string of the molecule is COc1cc(C(=O)OCC(=O)NC(N)=O)cc(OC)c1Br. The van der Waals surface area contributed by atoms with Gasteiger partial charge in [-0.05, 0) is 28.1 Å². The van der Waals surface area contributed by atoms with Crippen LogP contribution in [0.15, 0.2) is 16.6 Å². The summed E-state index contributed by atoms with van der Waals surface area (Å²) in [6.45, 7) is -0.636. The smallest absolute Gasteiger partial charge is 0.338 e. The van der Waals surface area contributed by atoms with E-state index in [1.807, 2.05) is 0 Å². The predicted octanol–water partition coefficient (Wildman–Crippen LogP) is 0.818. The van der Waals surface area contributed by atoms with Crippen LogP contribution in [0.1, 0.15) is 10.4 Å². The summed E-state index contributed by atoms with van der Waals surface area (Å²) in [4.78, 5) is 33.4. The van der Waals surface area contributed by atoms with Crippen LogP contribution < -0.4 is 20.5 Å². The van der Waals surface area contributed by atoms with E-state index in [1.165, 1.54) is 26.4 Å². The molecule has 0 aliphatic rings. The topological polar surface area (TPSA) is 117 Å². The zero-order valence-electron chi connectivity index (χ0n) is 11.3. The fourth-order valence-electron chi connectivity index (χ4n) is 1.38. The van der Waals surface area contributed by atoms with Crippen LogP contribution in [-0.4, -0.2) is 38.7 Å². The molecule has 0 spiro atoms. The molecule has 8 nitrogen and oxygen atoms in total. The molecule has 0 saturated heterocycles. The number of hydrogen-bond acceptors (Lipinski definition) is 6. The number of imide groups is 1. The quantitative estimate of drug-likeness (QED) is 0.750. The number of urea groups is 1. The molecule has 21 heavy (non-hydrogen) atoms. The minimum absolute atomic E-state index is 0.124. The molecule has 3 N–H and O–H groups in total. The number of amides is 3. The van der Waals surface area contributed by atoms with Crippen molar-refractivity contribution in [3.63, 3.8) is 0 Å². The Labute approximate surface area is 128 Å². The van der Waals surface area contributed by atoms with Crippen LogP contribution in [0.2, 0.25) is 0 Å². The molecule has 0 atom stereocenters. The molecule has 0 saturated carbocycles. The number of carbonyl (C=O) groups is 3. The fraction of sp³-hybridized carbons (Fsp3) is 0.250.